The highest BCUT2D eigenvalue weighted by atomic mass is 16.5. The molecule has 92 valence electrons. The Morgan fingerprint density at radius 2 is 2.19 bits per heavy atom. The van der Waals surface area contributed by atoms with E-state index in [-0.39, 0.29) is 11.9 Å². The molecule has 3 atom stereocenters. The maximum atomic E-state index is 12.1. The van der Waals surface area contributed by atoms with Gasteiger partial charge < -0.3 is 15.4 Å². The molecule has 1 aliphatic heterocycles. The monoisotopic (exact) mass is 226 g/mol. The molecule has 0 spiro atoms. The van der Waals surface area contributed by atoms with Crippen LogP contribution in [0.2, 0.25) is 0 Å². The zero-order valence-electron chi connectivity index (χ0n) is 10.0. The number of hydrogen-bond acceptors (Lipinski definition) is 3. The minimum absolute atomic E-state index is 0.0856. The predicted molar refractivity (Wildman–Crippen MR) is 61.9 cm³/mol. The number of nitrogens with zero attached hydrogens (tertiary/aromatic N) is 1. The summed E-state index contributed by atoms with van der Waals surface area (Å²) in [7, 11) is 0. The van der Waals surface area contributed by atoms with Crippen LogP contribution in [0.5, 0.6) is 0 Å². The lowest BCUT2D eigenvalue weighted by molar-refractivity contribution is -0.135. The van der Waals surface area contributed by atoms with Gasteiger partial charge in [0.2, 0.25) is 5.91 Å². The van der Waals surface area contributed by atoms with Crippen LogP contribution in [0.25, 0.3) is 0 Å². The van der Waals surface area contributed by atoms with Crippen LogP contribution in [0.3, 0.4) is 0 Å². The second-order valence-corrected chi connectivity index (χ2v) is 5.01. The van der Waals surface area contributed by atoms with E-state index in [1.807, 2.05) is 4.90 Å². The summed E-state index contributed by atoms with van der Waals surface area (Å²) in [6, 6.07) is -0.0181. The molecule has 2 aliphatic rings. The van der Waals surface area contributed by atoms with E-state index in [2.05, 4.69) is 0 Å². The van der Waals surface area contributed by atoms with Crippen molar-refractivity contribution >= 4 is 5.91 Å². The Morgan fingerprint density at radius 1 is 1.44 bits per heavy atom. The van der Waals surface area contributed by atoms with E-state index in [0.29, 0.717) is 25.1 Å². The molecular weight excluding hydrogens is 204 g/mol. The summed E-state index contributed by atoms with van der Waals surface area (Å²) in [5.74, 6) is 0.612. The van der Waals surface area contributed by atoms with Crippen molar-refractivity contribution in [1.82, 2.24) is 4.90 Å². The summed E-state index contributed by atoms with van der Waals surface area (Å²) in [5, 5.41) is 0. The van der Waals surface area contributed by atoms with E-state index in [4.69, 9.17) is 10.5 Å². The molecule has 0 bridgehead atoms. The topological polar surface area (TPSA) is 55.6 Å². The van der Waals surface area contributed by atoms with Gasteiger partial charge in [-0.1, -0.05) is 12.8 Å². The summed E-state index contributed by atoms with van der Waals surface area (Å²) in [5.41, 5.74) is 5.71. The lowest BCUT2D eigenvalue weighted by Gasteiger charge is -2.38. The van der Waals surface area contributed by atoms with Crippen LogP contribution in [0.15, 0.2) is 0 Å². The van der Waals surface area contributed by atoms with Gasteiger partial charge in [0.25, 0.3) is 0 Å². The van der Waals surface area contributed by atoms with Gasteiger partial charge in [0, 0.05) is 18.5 Å². The molecule has 1 aliphatic carbocycles. The minimum atomic E-state index is -0.388. The van der Waals surface area contributed by atoms with Crippen LogP contribution in [0.1, 0.15) is 32.6 Å². The van der Waals surface area contributed by atoms with Crippen LogP contribution in [0, 0.1) is 5.92 Å². The number of hydrogen-bond donors (Lipinski definition) is 1. The van der Waals surface area contributed by atoms with Gasteiger partial charge in [-0.3, -0.25) is 4.79 Å². The van der Waals surface area contributed by atoms with E-state index in [0.717, 1.165) is 13.0 Å². The highest BCUT2D eigenvalue weighted by Crippen LogP contribution is 2.30. The number of fused-ring (bicyclic) bond motifs is 1. The molecule has 0 radical (unpaired) electrons. The summed E-state index contributed by atoms with van der Waals surface area (Å²) < 4.78 is 5.59. The highest BCUT2D eigenvalue weighted by molar-refractivity contribution is 5.81. The quantitative estimate of drug-likeness (QED) is 0.718. The zero-order valence-corrected chi connectivity index (χ0v) is 10.0. The van der Waals surface area contributed by atoms with Crippen LogP contribution < -0.4 is 5.73 Å². The zero-order chi connectivity index (χ0) is 11.5. The Balaban J connectivity index is 2.11. The van der Waals surface area contributed by atoms with Crippen molar-refractivity contribution in [2.75, 3.05) is 19.8 Å². The standard InChI is InChI=1S/C12H22N2O2/c1-9(13)12(15)14-6-7-16-8-10-4-2-3-5-11(10)14/h9-11H,2-8,13H2,1H3/t9-,10-,11+/m0/s1. The first-order valence-corrected chi connectivity index (χ1v) is 6.34. The number of rotatable bonds is 1. The van der Waals surface area contributed by atoms with Crippen molar-refractivity contribution in [3.63, 3.8) is 0 Å². The molecule has 16 heavy (non-hydrogen) atoms. The molecule has 0 aromatic carbocycles. The molecule has 1 heterocycles. The van der Waals surface area contributed by atoms with E-state index < -0.39 is 0 Å². The van der Waals surface area contributed by atoms with Crippen LogP contribution in [-0.4, -0.2) is 42.6 Å². The SMILES string of the molecule is C[C@H](N)C(=O)N1CCOC[C@@H]2CCCC[C@H]21. The molecule has 0 aromatic heterocycles. The summed E-state index contributed by atoms with van der Waals surface area (Å²) >= 11 is 0. The second-order valence-electron chi connectivity index (χ2n) is 5.01. The number of carbonyl (C=O) groups is 1. The van der Waals surface area contributed by atoms with Gasteiger partial charge in [0.15, 0.2) is 0 Å². The van der Waals surface area contributed by atoms with E-state index in [1.165, 1.54) is 19.3 Å². The Labute approximate surface area is 97.1 Å². The van der Waals surface area contributed by atoms with Crippen LogP contribution in [-0.2, 0) is 9.53 Å². The first-order chi connectivity index (χ1) is 7.70. The van der Waals surface area contributed by atoms with Gasteiger partial charge in [-0.2, -0.15) is 0 Å². The fourth-order valence-electron chi connectivity index (χ4n) is 2.89. The third-order valence-electron chi connectivity index (χ3n) is 3.75. The van der Waals surface area contributed by atoms with Gasteiger partial charge in [-0.05, 0) is 19.8 Å². The number of ether oxygens (including phenoxy) is 1. The molecule has 2 fully saturated rings. The van der Waals surface area contributed by atoms with Crippen LogP contribution in [0.4, 0.5) is 0 Å². The Kier molecular flexibility index (Phi) is 3.82. The molecule has 2 N–H and O–H groups in total. The summed E-state index contributed by atoms with van der Waals surface area (Å²) in [6.45, 7) is 3.95. The molecule has 4 heteroatoms. The molecule has 2 rings (SSSR count). The van der Waals surface area contributed by atoms with Gasteiger partial charge >= 0.3 is 0 Å². The van der Waals surface area contributed by atoms with E-state index >= 15 is 0 Å². The van der Waals surface area contributed by atoms with Gasteiger partial charge in [-0.15, -0.1) is 0 Å². The largest absolute Gasteiger partial charge is 0.379 e. The summed E-state index contributed by atoms with van der Waals surface area (Å²) in [4.78, 5) is 14.0. The number of nitrogens with two attached hydrogens (primary N) is 1. The molecule has 1 saturated carbocycles. The number of amides is 1. The Hall–Kier alpha value is -0.610. The predicted octanol–water partition coefficient (Wildman–Crippen LogP) is 0.751. The molecule has 0 unspecified atom stereocenters. The third kappa shape index (κ3) is 2.38. The minimum Gasteiger partial charge on any atom is -0.379 e. The molecule has 1 amide bonds. The van der Waals surface area contributed by atoms with Crippen molar-refractivity contribution in [3.8, 4) is 0 Å². The van der Waals surface area contributed by atoms with Crippen molar-refractivity contribution in [2.24, 2.45) is 11.7 Å². The second kappa shape index (κ2) is 5.15. The van der Waals surface area contributed by atoms with Crippen molar-refractivity contribution in [3.05, 3.63) is 0 Å². The molecule has 0 aromatic rings. The summed E-state index contributed by atoms with van der Waals surface area (Å²) in [6.07, 6.45) is 4.80. The van der Waals surface area contributed by atoms with Gasteiger partial charge in [0.1, 0.15) is 0 Å². The van der Waals surface area contributed by atoms with Gasteiger partial charge in [0.05, 0.1) is 19.3 Å². The van der Waals surface area contributed by atoms with Crippen LogP contribution >= 0.6 is 0 Å². The van der Waals surface area contributed by atoms with Crippen molar-refractivity contribution < 1.29 is 9.53 Å². The normalized spacial score (nSPS) is 32.8. The van der Waals surface area contributed by atoms with Crippen molar-refractivity contribution in [1.29, 1.82) is 0 Å². The average Bonchev–Trinajstić information content (AvgIpc) is 2.50. The Bertz CT molecular complexity index is 255. The third-order valence-corrected chi connectivity index (χ3v) is 3.75. The van der Waals surface area contributed by atoms with Gasteiger partial charge in [-0.25, -0.2) is 0 Å². The molecule has 4 nitrogen and oxygen atoms in total. The smallest absolute Gasteiger partial charge is 0.239 e. The first kappa shape index (κ1) is 11.9. The highest BCUT2D eigenvalue weighted by Gasteiger charge is 2.35. The molecule has 1 saturated heterocycles. The van der Waals surface area contributed by atoms with Crippen molar-refractivity contribution in [2.45, 2.75) is 44.7 Å². The average molecular weight is 226 g/mol. The molecular formula is C12H22N2O2. The fourth-order valence-corrected chi connectivity index (χ4v) is 2.89. The lowest BCUT2D eigenvalue weighted by Crippen LogP contribution is -2.51. The number of carbonyl (C=O) groups excluding carboxylic acids is 1. The van der Waals surface area contributed by atoms with E-state index in [9.17, 15) is 4.79 Å². The maximum Gasteiger partial charge on any atom is 0.239 e. The Morgan fingerprint density at radius 3 is 2.94 bits per heavy atom. The maximum absolute atomic E-state index is 12.1. The first-order valence-electron chi connectivity index (χ1n) is 6.34. The van der Waals surface area contributed by atoms with E-state index in [1.54, 1.807) is 6.92 Å². The fraction of sp³-hybridized carbons (Fsp3) is 0.917. The lowest BCUT2D eigenvalue weighted by atomic mass is 9.84.